The molecule has 178 valence electrons. The molecular weight excluding hydrogens is 432 g/mol. The highest BCUT2D eigenvalue weighted by Crippen LogP contribution is 2.16. The number of H-pyrrole nitrogens is 1. The Labute approximate surface area is 198 Å². The van der Waals surface area contributed by atoms with E-state index in [1.165, 1.54) is 0 Å². The van der Waals surface area contributed by atoms with Crippen LogP contribution in [0.5, 0.6) is 0 Å². The average Bonchev–Trinajstić information content (AvgIpc) is 3.37. The van der Waals surface area contributed by atoms with E-state index in [4.69, 9.17) is 0 Å². The fourth-order valence-electron chi connectivity index (χ4n) is 4.54. The summed E-state index contributed by atoms with van der Waals surface area (Å²) in [5.74, 6) is 0.580. The first-order chi connectivity index (χ1) is 16.6. The third-order valence-electron chi connectivity index (χ3n) is 6.55. The van der Waals surface area contributed by atoms with Crippen LogP contribution < -0.4 is 15.9 Å². The molecule has 0 bridgehead atoms. The van der Waals surface area contributed by atoms with Crippen LogP contribution in [-0.4, -0.2) is 75.0 Å². The highest BCUT2D eigenvalue weighted by molar-refractivity contribution is 5.91. The first-order valence-corrected chi connectivity index (χ1v) is 11.9. The number of hydrogen-bond donors (Lipinski definition) is 2. The molecule has 0 unspecified atom stereocenters. The van der Waals surface area contributed by atoms with E-state index in [1.54, 1.807) is 12.4 Å². The second-order valence-electron chi connectivity index (χ2n) is 8.91. The van der Waals surface area contributed by atoms with Gasteiger partial charge < -0.3 is 9.88 Å². The van der Waals surface area contributed by atoms with Crippen molar-refractivity contribution in [2.45, 2.75) is 32.7 Å². The van der Waals surface area contributed by atoms with Gasteiger partial charge >= 0.3 is 0 Å². The molecule has 3 aromatic heterocycles. The number of aromatic nitrogens is 4. The molecule has 0 aliphatic carbocycles. The highest BCUT2D eigenvalue weighted by atomic mass is 16.2. The zero-order valence-corrected chi connectivity index (χ0v) is 19.5. The van der Waals surface area contributed by atoms with E-state index in [9.17, 15) is 9.59 Å². The molecule has 2 N–H and O–H groups in total. The zero-order valence-electron chi connectivity index (χ0n) is 19.5. The van der Waals surface area contributed by atoms with Gasteiger partial charge in [0, 0.05) is 57.6 Å². The minimum atomic E-state index is -0.206. The Hall–Kier alpha value is -3.37. The van der Waals surface area contributed by atoms with Gasteiger partial charge in [-0.2, -0.15) is 0 Å². The van der Waals surface area contributed by atoms with Gasteiger partial charge in [-0.25, -0.2) is 15.0 Å². The lowest BCUT2D eigenvalue weighted by Crippen LogP contribution is -2.46. The summed E-state index contributed by atoms with van der Waals surface area (Å²) < 4.78 is 0. The molecule has 0 aromatic carbocycles. The van der Waals surface area contributed by atoms with Crippen molar-refractivity contribution < 1.29 is 4.79 Å². The number of aromatic amines is 1. The van der Waals surface area contributed by atoms with Gasteiger partial charge in [0.2, 0.25) is 0 Å². The lowest BCUT2D eigenvalue weighted by Gasteiger charge is -2.35. The fraction of sp³-hybridized carbons (Fsp3) is 0.458. The maximum atomic E-state index is 12.3. The summed E-state index contributed by atoms with van der Waals surface area (Å²) in [4.78, 5) is 45.4. The second kappa shape index (κ2) is 9.86. The summed E-state index contributed by atoms with van der Waals surface area (Å²) in [7, 11) is 0. The number of nitrogens with zero attached hydrogens (tertiary/aromatic N) is 6. The monoisotopic (exact) mass is 462 g/mol. The third-order valence-corrected chi connectivity index (χ3v) is 6.55. The van der Waals surface area contributed by atoms with Crippen molar-refractivity contribution in [1.29, 1.82) is 0 Å². The van der Waals surface area contributed by atoms with E-state index in [0.29, 0.717) is 12.1 Å². The van der Waals surface area contributed by atoms with E-state index in [-0.39, 0.29) is 11.5 Å². The van der Waals surface area contributed by atoms with Crippen LogP contribution in [-0.2, 0) is 13.0 Å². The van der Waals surface area contributed by atoms with Crippen LogP contribution in [0.2, 0.25) is 0 Å². The molecule has 34 heavy (non-hydrogen) atoms. The third kappa shape index (κ3) is 4.92. The minimum Gasteiger partial charge on any atom is -0.353 e. The number of fused-ring (bicyclic) bond motifs is 1. The molecule has 2 fully saturated rings. The highest BCUT2D eigenvalue weighted by Gasteiger charge is 2.20. The molecule has 0 saturated carbocycles. The Bertz CT molecular complexity index is 1210. The van der Waals surface area contributed by atoms with Crippen molar-refractivity contribution in [1.82, 2.24) is 35.3 Å². The summed E-state index contributed by atoms with van der Waals surface area (Å²) >= 11 is 0. The second-order valence-corrected chi connectivity index (χ2v) is 8.91. The minimum absolute atomic E-state index is 0.0387. The SMILES string of the molecule is CCc1cc2ncc(CN3CCN(c4cnc(C(=O)NN5CCCC5)cn4)CC3)cc2[nH]c1=O. The van der Waals surface area contributed by atoms with Gasteiger partial charge in [-0.05, 0) is 37.0 Å². The largest absolute Gasteiger partial charge is 0.353 e. The molecule has 10 nitrogen and oxygen atoms in total. The maximum absolute atomic E-state index is 12.3. The molecule has 2 aliphatic heterocycles. The lowest BCUT2D eigenvalue weighted by atomic mass is 10.1. The molecule has 2 saturated heterocycles. The van der Waals surface area contributed by atoms with Crippen LogP contribution >= 0.6 is 0 Å². The zero-order chi connectivity index (χ0) is 23.5. The van der Waals surface area contributed by atoms with Crippen LogP contribution in [0.4, 0.5) is 5.82 Å². The molecule has 5 heterocycles. The Morgan fingerprint density at radius 3 is 2.50 bits per heavy atom. The van der Waals surface area contributed by atoms with Crippen LogP contribution in [0.3, 0.4) is 0 Å². The van der Waals surface area contributed by atoms with Crippen LogP contribution in [0.25, 0.3) is 11.0 Å². The van der Waals surface area contributed by atoms with Crippen molar-refractivity contribution in [2.24, 2.45) is 0 Å². The van der Waals surface area contributed by atoms with Gasteiger partial charge in [-0.15, -0.1) is 0 Å². The van der Waals surface area contributed by atoms with Crippen LogP contribution in [0.1, 0.15) is 41.4 Å². The quantitative estimate of drug-likeness (QED) is 0.565. The molecule has 2 aliphatic rings. The number of rotatable bonds is 6. The van der Waals surface area contributed by atoms with Gasteiger partial charge in [0.1, 0.15) is 11.5 Å². The normalized spacial score (nSPS) is 17.4. The molecule has 0 spiro atoms. The van der Waals surface area contributed by atoms with Gasteiger partial charge in [0.05, 0.1) is 23.4 Å². The molecular formula is C24H30N8O2. The van der Waals surface area contributed by atoms with E-state index in [1.807, 2.05) is 30.3 Å². The predicted octanol–water partition coefficient (Wildman–Crippen LogP) is 1.34. The molecule has 3 aromatic rings. The number of aryl methyl sites for hydroxylation is 1. The van der Waals surface area contributed by atoms with Gasteiger partial charge in [0.25, 0.3) is 11.5 Å². The molecule has 5 rings (SSSR count). The van der Waals surface area contributed by atoms with Gasteiger partial charge in [-0.1, -0.05) is 6.92 Å². The summed E-state index contributed by atoms with van der Waals surface area (Å²) in [5, 5.41) is 1.93. The summed E-state index contributed by atoms with van der Waals surface area (Å²) in [6.45, 7) is 7.91. The Kier molecular flexibility index (Phi) is 6.50. The van der Waals surface area contributed by atoms with Gasteiger partial charge in [0.15, 0.2) is 0 Å². The van der Waals surface area contributed by atoms with E-state index in [2.05, 4.69) is 35.2 Å². The summed E-state index contributed by atoms with van der Waals surface area (Å²) in [5.41, 5.74) is 6.62. The number of hydrazine groups is 1. The Morgan fingerprint density at radius 2 is 1.79 bits per heavy atom. The average molecular weight is 463 g/mol. The van der Waals surface area contributed by atoms with E-state index in [0.717, 1.165) is 86.6 Å². The summed E-state index contributed by atoms with van der Waals surface area (Å²) in [6.07, 6.45) is 8.03. The number of anilines is 1. The summed E-state index contributed by atoms with van der Waals surface area (Å²) in [6, 6.07) is 3.89. The standard InChI is InChI=1S/C24H30N8O2/c1-2-18-12-19-20(28-23(18)33)11-17(13-25-19)16-30-7-9-31(10-8-30)22-15-26-21(14-27-22)24(34)29-32-5-3-4-6-32/h11-15H,2-10,16H2,1H3,(H,28,33)(H,29,34). The molecule has 0 atom stereocenters. The lowest BCUT2D eigenvalue weighted by molar-refractivity contribution is 0.0820. The number of carbonyl (C=O) groups excluding carboxylic acids is 1. The number of piperazine rings is 1. The van der Waals surface area contributed by atoms with Crippen molar-refractivity contribution in [3.63, 3.8) is 0 Å². The first-order valence-electron chi connectivity index (χ1n) is 11.9. The maximum Gasteiger partial charge on any atom is 0.285 e. The van der Waals surface area contributed by atoms with Crippen LogP contribution in [0, 0.1) is 0 Å². The smallest absolute Gasteiger partial charge is 0.285 e. The topological polar surface area (TPSA) is 110 Å². The number of nitrogens with one attached hydrogen (secondary N) is 2. The van der Waals surface area contributed by atoms with Gasteiger partial charge in [-0.3, -0.25) is 24.9 Å². The first kappa shape index (κ1) is 22.4. The van der Waals surface area contributed by atoms with E-state index < -0.39 is 0 Å². The van der Waals surface area contributed by atoms with Crippen LogP contribution in [0.15, 0.2) is 35.5 Å². The van der Waals surface area contributed by atoms with Crippen molar-refractivity contribution >= 4 is 22.8 Å². The predicted molar refractivity (Wildman–Crippen MR) is 130 cm³/mol. The number of pyridine rings is 2. The van der Waals surface area contributed by atoms with Crippen molar-refractivity contribution in [3.8, 4) is 0 Å². The Morgan fingerprint density at radius 1 is 1.00 bits per heavy atom. The number of amides is 1. The molecule has 0 radical (unpaired) electrons. The van der Waals surface area contributed by atoms with E-state index >= 15 is 0 Å². The molecule has 10 heteroatoms. The molecule has 1 amide bonds. The Balaban J connectivity index is 1.16. The van der Waals surface area contributed by atoms with Crippen molar-refractivity contribution in [2.75, 3.05) is 44.2 Å². The van der Waals surface area contributed by atoms with Crippen molar-refractivity contribution in [3.05, 3.63) is 57.9 Å². The fourth-order valence-corrected chi connectivity index (χ4v) is 4.54. The number of hydrogen-bond acceptors (Lipinski definition) is 8. The number of carbonyl (C=O) groups is 1.